The number of nitro benzene ring substituents is 1. The Kier molecular flexibility index (Phi) is 4.65. The van der Waals surface area contributed by atoms with Crippen LogP contribution in [0.25, 0.3) is 0 Å². The van der Waals surface area contributed by atoms with Crippen LogP contribution < -0.4 is 10.6 Å². The standard InChI is InChI=1S/C11H16N4O4/c1-7(6-16)14(2)9-4-3-8(11(12)13-17)5-10(9)15(18)19/h3-5,7,16-17H,6H2,1-2H3,(H2,12,13). The molecule has 19 heavy (non-hydrogen) atoms. The van der Waals surface area contributed by atoms with E-state index >= 15 is 0 Å². The molecule has 0 aliphatic rings. The van der Waals surface area contributed by atoms with Gasteiger partial charge in [0.1, 0.15) is 5.69 Å². The van der Waals surface area contributed by atoms with E-state index in [1.165, 1.54) is 18.2 Å². The smallest absolute Gasteiger partial charge is 0.293 e. The number of amidine groups is 1. The van der Waals surface area contributed by atoms with Gasteiger partial charge < -0.3 is 20.9 Å². The first-order valence-corrected chi connectivity index (χ1v) is 5.52. The summed E-state index contributed by atoms with van der Waals surface area (Å²) in [6.45, 7) is 1.61. The van der Waals surface area contributed by atoms with Crippen LogP contribution in [0.15, 0.2) is 23.4 Å². The number of nitro groups is 1. The van der Waals surface area contributed by atoms with Gasteiger partial charge in [0.05, 0.1) is 11.5 Å². The number of benzene rings is 1. The largest absolute Gasteiger partial charge is 0.409 e. The molecule has 0 fully saturated rings. The van der Waals surface area contributed by atoms with Gasteiger partial charge in [-0.3, -0.25) is 10.1 Å². The molecule has 1 unspecified atom stereocenters. The zero-order valence-corrected chi connectivity index (χ0v) is 10.6. The highest BCUT2D eigenvalue weighted by Crippen LogP contribution is 2.29. The van der Waals surface area contributed by atoms with Gasteiger partial charge >= 0.3 is 0 Å². The second kappa shape index (κ2) is 6.01. The summed E-state index contributed by atoms with van der Waals surface area (Å²) < 4.78 is 0. The molecule has 8 heteroatoms. The zero-order chi connectivity index (χ0) is 14.6. The minimum Gasteiger partial charge on any atom is -0.409 e. The van der Waals surface area contributed by atoms with E-state index in [-0.39, 0.29) is 29.7 Å². The lowest BCUT2D eigenvalue weighted by atomic mass is 10.1. The van der Waals surface area contributed by atoms with Crippen LogP contribution >= 0.6 is 0 Å². The topological polar surface area (TPSA) is 125 Å². The monoisotopic (exact) mass is 268 g/mol. The molecule has 0 aliphatic carbocycles. The predicted octanol–water partition coefficient (Wildman–Crippen LogP) is 0.506. The van der Waals surface area contributed by atoms with E-state index < -0.39 is 4.92 Å². The van der Waals surface area contributed by atoms with Crippen molar-refractivity contribution in [1.82, 2.24) is 0 Å². The van der Waals surface area contributed by atoms with Gasteiger partial charge in [-0.25, -0.2) is 0 Å². The molecule has 1 aromatic carbocycles. The molecule has 0 saturated carbocycles. The van der Waals surface area contributed by atoms with Crippen molar-refractivity contribution < 1.29 is 15.2 Å². The molecule has 0 bridgehead atoms. The van der Waals surface area contributed by atoms with Crippen molar-refractivity contribution in [2.24, 2.45) is 10.9 Å². The fourth-order valence-electron chi connectivity index (χ4n) is 1.54. The van der Waals surface area contributed by atoms with Crippen LogP contribution in [0.4, 0.5) is 11.4 Å². The summed E-state index contributed by atoms with van der Waals surface area (Å²) in [5.74, 6) is -0.201. The van der Waals surface area contributed by atoms with Crippen LogP contribution in [0.5, 0.6) is 0 Å². The molecule has 1 rings (SSSR count). The molecular formula is C11H16N4O4. The Hall–Kier alpha value is -2.35. The minimum absolute atomic E-state index is 0.129. The molecule has 0 spiro atoms. The van der Waals surface area contributed by atoms with Gasteiger partial charge in [0, 0.05) is 24.7 Å². The van der Waals surface area contributed by atoms with Crippen LogP contribution in [0, 0.1) is 10.1 Å². The average Bonchev–Trinajstić information content (AvgIpc) is 2.43. The van der Waals surface area contributed by atoms with E-state index in [4.69, 9.17) is 16.0 Å². The molecular weight excluding hydrogens is 252 g/mol. The van der Waals surface area contributed by atoms with Crippen molar-refractivity contribution in [1.29, 1.82) is 0 Å². The number of hydrogen-bond donors (Lipinski definition) is 3. The van der Waals surface area contributed by atoms with Crippen molar-refractivity contribution in [2.75, 3.05) is 18.6 Å². The van der Waals surface area contributed by atoms with Crippen molar-refractivity contribution in [3.63, 3.8) is 0 Å². The molecule has 4 N–H and O–H groups in total. The van der Waals surface area contributed by atoms with Crippen molar-refractivity contribution in [3.8, 4) is 0 Å². The zero-order valence-electron chi connectivity index (χ0n) is 10.6. The SMILES string of the molecule is CC(CO)N(C)c1ccc(/C(N)=N/O)cc1[N+](=O)[O-]. The fourth-order valence-corrected chi connectivity index (χ4v) is 1.54. The van der Waals surface area contributed by atoms with E-state index in [1.807, 2.05) is 0 Å². The summed E-state index contributed by atoms with van der Waals surface area (Å²) in [5.41, 5.74) is 5.83. The number of nitrogens with zero attached hydrogens (tertiary/aromatic N) is 3. The lowest BCUT2D eigenvalue weighted by Crippen LogP contribution is -2.32. The van der Waals surface area contributed by atoms with Crippen LogP contribution in [-0.2, 0) is 0 Å². The Morgan fingerprint density at radius 3 is 2.74 bits per heavy atom. The molecule has 1 aromatic rings. The van der Waals surface area contributed by atoms with Crippen molar-refractivity contribution in [2.45, 2.75) is 13.0 Å². The normalized spacial score (nSPS) is 13.1. The Balaban J connectivity index is 3.30. The summed E-state index contributed by atoms with van der Waals surface area (Å²) in [6, 6.07) is 3.97. The van der Waals surface area contributed by atoms with E-state index in [2.05, 4.69) is 5.16 Å². The maximum absolute atomic E-state index is 11.1. The Labute approximate surface area is 109 Å². The number of aliphatic hydroxyl groups excluding tert-OH is 1. The first-order chi connectivity index (χ1) is 8.92. The van der Waals surface area contributed by atoms with E-state index in [9.17, 15) is 10.1 Å². The molecule has 0 saturated heterocycles. The number of likely N-dealkylation sites (N-methyl/N-ethyl adjacent to an activating group) is 1. The Morgan fingerprint density at radius 1 is 1.63 bits per heavy atom. The van der Waals surface area contributed by atoms with Crippen LogP contribution in [0.2, 0.25) is 0 Å². The maximum Gasteiger partial charge on any atom is 0.293 e. The molecule has 0 aliphatic heterocycles. The highest BCUT2D eigenvalue weighted by Gasteiger charge is 2.21. The van der Waals surface area contributed by atoms with Crippen LogP contribution in [0.3, 0.4) is 0 Å². The second-order valence-electron chi connectivity index (χ2n) is 4.09. The molecule has 104 valence electrons. The third-order valence-corrected chi connectivity index (χ3v) is 2.88. The van der Waals surface area contributed by atoms with Crippen LogP contribution in [0.1, 0.15) is 12.5 Å². The highest BCUT2D eigenvalue weighted by atomic mass is 16.6. The van der Waals surface area contributed by atoms with Gasteiger partial charge in [-0.1, -0.05) is 5.16 Å². The van der Waals surface area contributed by atoms with Gasteiger partial charge in [0.2, 0.25) is 0 Å². The van der Waals surface area contributed by atoms with Gasteiger partial charge in [0.25, 0.3) is 5.69 Å². The third-order valence-electron chi connectivity index (χ3n) is 2.88. The number of nitrogens with two attached hydrogens (primary N) is 1. The number of aliphatic hydroxyl groups is 1. The summed E-state index contributed by atoms with van der Waals surface area (Å²) >= 11 is 0. The highest BCUT2D eigenvalue weighted by molar-refractivity contribution is 5.98. The lowest BCUT2D eigenvalue weighted by molar-refractivity contribution is -0.384. The first-order valence-electron chi connectivity index (χ1n) is 5.52. The second-order valence-corrected chi connectivity index (χ2v) is 4.09. The number of oxime groups is 1. The quantitative estimate of drug-likeness (QED) is 0.235. The Morgan fingerprint density at radius 2 is 2.26 bits per heavy atom. The van der Waals surface area contributed by atoms with E-state index in [0.29, 0.717) is 5.69 Å². The van der Waals surface area contributed by atoms with Gasteiger partial charge in [0.15, 0.2) is 5.84 Å². The summed E-state index contributed by atoms with van der Waals surface area (Å²) in [6.07, 6.45) is 0. The third kappa shape index (κ3) is 3.10. The summed E-state index contributed by atoms with van der Waals surface area (Å²) in [4.78, 5) is 12.1. The van der Waals surface area contributed by atoms with Gasteiger partial charge in [-0.2, -0.15) is 0 Å². The molecule has 8 nitrogen and oxygen atoms in total. The molecule has 0 aromatic heterocycles. The van der Waals surface area contributed by atoms with Crippen LogP contribution in [-0.4, -0.2) is 40.8 Å². The van der Waals surface area contributed by atoms with Crippen molar-refractivity contribution >= 4 is 17.2 Å². The minimum atomic E-state index is -0.552. The maximum atomic E-state index is 11.1. The Bertz CT molecular complexity index is 503. The molecule has 0 radical (unpaired) electrons. The number of anilines is 1. The van der Waals surface area contributed by atoms with Gasteiger partial charge in [-0.05, 0) is 19.1 Å². The van der Waals surface area contributed by atoms with Crippen molar-refractivity contribution in [3.05, 3.63) is 33.9 Å². The summed E-state index contributed by atoms with van der Waals surface area (Å²) in [7, 11) is 1.65. The molecule has 1 atom stereocenters. The fraction of sp³-hybridized carbons (Fsp3) is 0.364. The van der Waals surface area contributed by atoms with E-state index in [0.717, 1.165) is 0 Å². The average molecular weight is 268 g/mol. The summed E-state index contributed by atoms with van der Waals surface area (Å²) in [5, 5.41) is 31.5. The molecule has 0 amide bonds. The van der Waals surface area contributed by atoms with E-state index in [1.54, 1.807) is 18.9 Å². The first kappa shape index (κ1) is 14.7. The predicted molar refractivity (Wildman–Crippen MR) is 70.6 cm³/mol. The lowest BCUT2D eigenvalue weighted by Gasteiger charge is -2.25. The number of hydrogen-bond acceptors (Lipinski definition) is 6. The van der Waals surface area contributed by atoms with Gasteiger partial charge in [-0.15, -0.1) is 0 Å². The number of rotatable bonds is 5. The molecule has 0 heterocycles.